The molecule has 0 aromatic heterocycles. The van der Waals surface area contributed by atoms with E-state index >= 15 is 0 Å². The summed E-state index contributed by atoms with van der Waals surface area (Å²) in [6.45, 7) is 3.65. The van der Waals surface area contributed by atoms with Gasteiger partial charge >= 0.3 is 59.2 Å². The first-order valence-corrected chi connectivity index (χ1v) is 9.87. The number of hydrogen-bond acceptors (Lipinski definition) is 0. The Kier molecular flexibility index (Phi) is 9.97. The van der Waals surface area contributed by atoms with Gasteiger partial charge in [0, 0.05) is 12.8 Å². The average molecular weight is 624 g/mol. The zero-order valence-electron chi connectivity index (χ0n) is 18.8. The van der Waals surface area contributed by atoms with Crippen molar-refractivity contribution in [2.45, 2.75) is 91.8 Å². The van der Waals surface area contributed by atoms with Crippen LogP contribution in [0.1, 0.15) is 32.6 Å². The maximum atomic E-state index is 13.8. The topological polar surface area (TPSA) is 0 Å². The van der Waals surface area contributed by atoms with E-state index in [0.717, 1.165) is 13.0 Å². The third-order valence-electron chi connectivity index (χ3n) is 5.20. The Balaban J connectivity index is 6.98. The summed E-state index contributed by atoms with van der Waals surface area (Å²) in [5, 5.41) is 0. The van der Waals surface area contributed by atoms with Crippen molar-refractivity contribution in [3.05, 3.63) is 24.8 Å². The van der Waals surface area contributed by atoms with Gasteiger partial charge in [0.1, 0.15) is 0 Å². The number of rotatable bonds is 15. The van der Waals surface area contributed by atoms with E-state index in [4.69, 9.17) is 0 Å². The van der Waals surface area contributed by atoms with Crippen LogP contribution in [0.3, 0.4) is 0 Å². The van der Waals surface area contributed by atoms with Crippen LogP contribution in [0, 0.1) is 0 Å². The molecule has 0 amide bonds. The summed E-state index contributed by atoms with van der Waals surface area (Å²) < 4.78 is 274. The molecule has 39 heavy (non-hydrogen) atoms. The summed E-state index contributed by atoms with van der Waals surface area (Å²) >= 11 is 0. The van der Waals surface area contributed by atoms with Gasteiger partial charge in [0.15, 0.2) is 0 Å². The highest BCUT2D eigenvalue weighted by Crippen LogP contribution is 2.66. The lowest BCUT2D eigenvalue weighted by atomic mass is 9.84. The van der Waals surface area contributed by atoms with E-state index in [9.17, 15) is 87.8 Å². The summed E-state index contributed by atoms with van der Waals surface area (Å²) in [5.41, 5.74) is 0. The number of halogens is 20. The van der Waals surface area contributed by atoms with Gasteiger partial charge in [-0.1, -0.05) is 18.2 Å². The number of hydrogen-bond donors (Lipinski definition) is 0. The molecule has 0 N–H and O–H groups in total. The molecule has 0 nitrogen and oxygen atoms in total. The zero-order valence-corrected chi connectivity index (χ0v) is 18.8. The molecule has 0 aliphatic rings. The number of allylic oxidation sites excluding steroid dienone is 3. The molecule has 0 fully saturated rings. The van der Waals surface area contributed by atoms with Crippen molar-refractivity contribution >= 4 is 0 Å². The second-order valence-electron chi connectivity index (χ2n) is 7.94. The Bertz CT molecular complexity index is 881. The second-order valence-corrected chi connectivity index (χ2v) is 7.94. The van der Waals surface area contributed by atoms with Crippen molar-refractivity contribution in [1.82, 2.24) is 0 Å². The standard InChI is InChI=1S/C19H16F20/c1-3-5-7-9-11(22,23)13(26,27)15(30,31)17(34,35)19(38,39)18(36,37)16(32,33)14(28,29)12(24,25)10(20,21)8-6-4-2/h3-5H,2,6-9H2,1H3. The zero-order chi connectivity index (χ0) is 31.9. The van der Waals surface area contributed by atoms with Crippen LogP contribution in [0.15, 0.2) is 24.8 Å². The van der Waals surface area contributed by atoms with Gasteiger partial charge in [-0.3, -0.25) is 0 Å². The fourth-order valence-corrected chi connectivity index (χ4v) is 2.67. The van der Waals surface area contributed by atoms with Crippen LogP contribution in [0.25, 0.3) is 0 Å². The highest BCUT2D eigenvalue weighted by atomic mass is 19.4. The molecule has 0 saturated carbocycles. The van der Waals surface area contributed by atoms with Gasteiger partial charge in [0.25, 0.3) is 0 Å². The molecule has 20 heteroatoms. The van der Waals surface area contributed by atoms with Crippen LogP contribution in [0.5, 0.6) is 0 Å². The first-order chi connectivity index (χ1) is 16.9. The molecular weight excluding hydrogens is 608 g/mol. The number of alkyl halides is 20. The Morgan fingerprint density at radius 3 is 0.872 bits per heavy atom. The highest BCUT2D eigenvalue weighted by Gasteiger charge is 2.97. The minimum atomic E-state index is -9.00. The van der Waals surface area contributed by atoms with Gasteiger partial charge in [-0.25, -0.2) is 0 Å². The summed E-state index contributed by atoms with van der Waals surface area (Å²) in [4.78, 5) is 0. The summed E-state index contributed by atoms with van der Waals surface area (Å²) in [6, 6.07) is 0. The molecule has 232 valence electrons. The fourth-order valence-electron chi connectivity index (χ4n) is 2.67. The van der Waals surface area contributed by atoms with Gasteiger partial charge in [0.2, 0.25) is 0 Å². The van der Waals surface area contributed by atoms with Crippen molar-refractivity contribution in [2.24, 2.45) is 0 Å². The van der Waals surface area contributed by atoms with E-state index in [0.29, 0.717) is 6.08 Å². The molecule has 0 unspecified atom stereocenters. The van der Waals surface area contributed by atoms with E-state index in [2.05, 4.69) is 6.58 Å². The Morgan fingerprint density at radius 2 is 0.641 bits per heavy atom. The lowest BCUT2D eigenvalue weighted by Gasteiger charge is -2.45. The van der Waals surface area contributed by atoms with E-state index in [1.165, 1.54) is 0 Å². The molecule has 0 spiro atoms. The SMILES string of the molecule is C=CCCC(F)(F)C(F)(F)C(F)(F)C(F)(F)C(F)(F)C(F)(F)C(F)(F)C(F)(F)C(F)(F)C(F)(F)CCC=CC. The van der Waals surface area contributed by atoms with Crippen LogP contribution in [0.2, 0.25) is 0 Å². The molecule has 0 aliphatic heterocycles. The first kappa shape index (κ1) is 37.1. The van der Waals surface area contributed by atoms with Crippen molar-refractivity contribution in [3.63, 3.8) is 0 Å². The maximum absolute atomic E-state index is 13.8. The summed E-state index contributed by atoms with van der Waals surface area (Å²) in [5.74, 6) is -81.2. The van der Waals surface area contributed by atoms with Gasteiger partial charge in [-0.15, -0.1) is 6.58 Å². The van der Waals surface area contributed by atoms with Crippen molar-refractivity contribution in [1.29, 1.82) is 0 Å². The van der Waals surface area contributed by atoms with E-state index in [-0.39, 0.29) is 6.08 Å². The van der Waals surface area contributed by atoms with Crippen LogP contribution in [0.4, 0.5) is 87.8 Å². The lowest BCUT2D eigenvalue weighted by molar-refractivity contribution is -0.469. The molecule has 0 atom stereocenters. The monoisotopic (exact) mass is 624 g/mol. The minimum Gasteiger partial charge on any atom is -0.200 e. The maximum Gasteiger partial charge on any atom is 0.385 e. The van der Waals surface area contributed by atoms with Gasteiger partial charge in [-0.2, -0.15) is 87.8 Å². The molecule has 0 rings (SSSR count). The summed E-state index contributed by atoms with van der Waals surface area (Å²) in [6.07, 6.45) is -6.42. The molecule has 0 radical (unpaired) electrons. The van der Waals surface area contributed by atoms with Crippen molar-refractivity contribution in [3.8, 4) is 0 Å². The van der Waals surface area contributed by atoms with Crippen LogP contribution in [-0.2, 0) is 0 Å². The van der Waals surface area contributed by atoms with Gasteiger partial charge in [-0.05, 0) is 19.8 Å². The quantitative estimate of drug-likeness (QED) is 0.126. The molecule has 0 bridgehead atoms. The van der Waals surface area contributed by atoms with E-state index in [1.54, 1.807) is 0 Å². The molecule has 0 aromatic rings. The molecule has 0 aliphatic carbocycles. The molecule has 0 saturated heterocycles. The normalized spacial score (nSPS) is 16.2. The van der Waals surface area contributed by atoms with Gasteiger partial charge < -0.3 is 0 Å². The minimum absolute atomic E-state index is 0.264. The van der Waals surface area contributed by atoms with Crippen LogP contribution < -0.4 is 0 Å². The third kappa shape index (κ3) is 5.16. The second kappa shape index (κ2) is 10.5. The van der Waals surface area contributed by atoms with E-state index < -0.39 is 84.9 Å². The van der Waals surface area contributed by atoms with Gasteiger partial charge in [0.05, 0.1) is 0 Å². The van der Waals surface area contributed by atoms with Crippen LogP contribution in [-0.4, -0.2) is 59.2 Å². The molecular formula is C19H16F20. The Morgan fingerprint density at radius 1 is 0.410 bits per heavy atom. The average Bonchev–Trinajstić information content (AvgIpc) is 2.76. The Hall–Kier alpha value is -1.92. The van der Waals surface area contributed by atoms with Crippen molar-refractivity contribution < 1.29 is 87.8 Å². The third-order valence-corrected chi connectivity index (χ3v) is 5.20. The molecule has 0 heterocycles. The smallest absolute Gasteiger partial charge is 0.200 e. The highest BCUT2D eigenvalue weighted by molar-refractivity contribution is 5.18. The first-order valence-electron chi connectivity index (χ1n) is 9.87. The predicted octanol–water partition coefficient (Wildman–Crippen LogP) is 9.66. The van der Waals surface area contributed by atoms with Crippen LogP contribution >= 0.6 is 0 Å². The fraction of sp³-hybridized carbons (Fsp3) is 0.789. The largest absolute Gasteiger partial charge is 0.385 e. The van der Waals surface area contributed by atoms with Crippen molar-refractivity contribution in [2.75, 3.05) is 0 Å². The predicted molar refractivity (Wildman–Crippen MR) is 92.9 cm³/mol. The lowest BCUT2D eigenvalue weighted by Crippen LogP contribution is -2.77. The summed E-state index contributed by atoms with van der Waals surface area (Å²) in [7, 11) is 0. The Labute approximate surface area is 205 Å². The van der Waals surface area contributed by atoms with E-state index in [1.807, 2.05) is 0 Å². The molecule has 0 aromatic carbocycles.